The van der Waals surface area contributed by atoms with Crippen molar-refractivity contribution in [2.75, 3.05) is 11.4 Å². The molecule has 2 amide bonds. The Bertz CT molecular complexity index is 886. The minimum Gasteiger partial charge on any atom is -0.349 e. The summed E-state index contributed by atoms with van der Waals surface area (Å²) in [4.78, 5) is 32.4. The van der Waals surface area contributed by atoms with E-state index in [4.69, 9.17) is 0 Å². The molecule has 1 aromatic carbocycles. The van der Waals surface area contributed by atoms with Crippen LogP contribution in [0.2, 0.25) is 0 Å². The Morgan fingerprint density at radius 3 is 2.89 bits per heavy atom. The molecule has 0 aliphatic carbocycles. The number of nitrogens with zero attached hydrogens (tertiary/aromatic N) is 3. The lowest BCUT2D eigenvalue weighted by atomic mass is 10.1. The Morgan fingerprint density at radius 2 is 2.07 bits per heavy atom. The minimum atomic E-state index is -0.186. The molecule has 0 bridgehead atoms. The van der Waals surface area contributed by atoms with Gasteiger partial charge in [-0.05, 0) is 50.7 Å². The zero-order chi connectivity index (χ0) is 19.0. The topological polar surface area (TPSA) is 67.2 Å². The summed E-state index contributed by atoms with van der Waals surface area (Å²) >= 11 is 0. The predicted molar refractivity (Wildman–Crippen MR) is 104 cm³/mol. The Kier molecular flexibility index (Phi) is 4.72. The van der Waals surface area contributed by atoms with Crippen molar-refractivity contribution in [2.24, 2.45) is 0 Å². The van der Waals surface area contributed by atoms with Crippen molar-refractivity contribution in [1.82, 2.24) is 14.9 Å². The standard InChI is InChI=1S/C21H26N4O2/c1-3-11-22-20(26)19-23-18(17-10-6-7-12-24(17)19)21(27)25-14(2)13-15-8-4-5-9-16(15)25/h4-5,8-9,14H,3,6-7,10-13H2,1-2H3,(H,22,26). The molecule has 0 radical (unpaired) electrons. The lowest BCUT2D eigenvalue weighted by Gasteiger charge is -2.23. The molecule has 27 heavy (non-hydrogen) atoms. The number of carbonyl (C=O) groups excluding carboxylic acids is 2. The molecule has 2 aliphatic rings. The Labute approximate surface area is 159 Å². The highest BCUT2D eigenvalue weighted by atomic mass is 16.2. The summed E-state index contributed by atoms with van der Waals surface area (Å²) < 4.78 is 1.95. The van der Waals surface area contributed by atoms with Gasteiger partial charge in [0, 0.05) is 24.8 Å². The molecule has 2 aliphatic heterocycles. The summed E-state index contributed by atoms with van der Waals surface area (Å²) in [6.07, 6.45) is 4.54. The van der Waals surface area contributed by atoms with E-state index in [0.717, 1.165) is 50.0 Å². The number of carbonyl (C=O) groups is 2. The molecule has 0 saturated heterocycles. The van der Waals surface area contributed by atoms with Gasteiger partial charge in [-0.1, -0.05) is 25.1 Å². The number of hydrogen-bond donors (Lipinski definition) is 1. The van der Waals surface area contributed by atoms with E-state index < -0.39 is 0 Å². The first-order valence-corrected chi connectivity index (χ1v) is 9.91. The highest BCUT2D eigenvalue weighted by molar-refractivity contribution is 6.08. The molecule has 6 heteroatoms. The van der Waals surface area contributed by atoms with Crippen molar-refractivity contribution in [1.29, 1.82) is 0 Å². The third-order valence-electron chi connectivity index (χ3n) is 5.49. The summed E-state index contributed by atoms with van der Waals surface area (Å²) in [5.74, 6) is 0.100. The van der Waals surface area contributed by atoms with Crippen molar-refractivity contribution in [3.8, 4) is 0 Å². The molecule has 6 nitrogen and oxygen atoms in total. The lowest BCUT2D eigenvalue weighted by Crippen LogP contribution is -2.36. The molecule has 2 aromatic rings. The van der Waals surface area contributed by atoms with Crippen molar-refractivity contribution < 1.29 is 9.59 Å². The number of para-hydroxylation sites is 1. The van der Waals surface area contributed by atoms with Crippen LogP contribution < -0.4 is 10.2 Å². The van der Waals surface area contributed by atoms with Crippen LogP contribution in [0.15, 0.2) is 24.3 Å². The molecule has 1 unspecified atom stereocenters. The van der Waals surface area contributed by atoms with Gasteiger partial charge in [0.15, 0.2) is 11.5 Å². The first-order chi connectivity index (χ1) is 13.1. The maximum atomic E-state index is 13.5. The van der Waals surface area contributed by atoms with Gasteiger partial charge in [0.25, 0.3) is 11.8 Å². The molecule has 0 saturated carbocycles. The highest BCUT2D eigenvalue weighted by Gasteiger charge is 2.35. The molecule has 1 N–H and O–H groups in total. The van der Waals surface area contributed by atoms with E-state index in [9.17, 15) is 9.59 Å². The summed E-state index contributed by atoms with van der Waals surface area (Å²) in [5, 5.41) is 2.90. The highest BCUT2D eigenvalue weighted by Crippen LogP contribution is 2.34. The molecular weight excluding hydrogens is 340 g/mol. The van der Waals surface area contributed by atoms with E-state index in [-0.39, 0.29) is 17.9 Å². The van der Waals surface area contributed by atoms with Crippen LogP contribution in [-0.2, 0) is 19.4 Å². The predicted octanol–water partition coefficient (Wildman–Crippen LogP) is 2.95. The van der Waals surface area contributed by atoms with Gasteiger partial charge >= 0.3 is 0 Å². The third kappa shape index (κ3) is 3.03. The maximum absolute atomic E-state index is 13.5. The number of fused-ring (bicyclic) bond motifs is 2. The second kappa shape index (κ2) is 7.18. The average molecular weight is 366 g/mol. The minimum absolute atomic E-state index is 0.0901. The van der Waals surface area contributed by atoms with Crippen LogP contribution in [0.3, 0.4) is 0 Å². The first kappa shape index (κ1) is 17.8. The van der Waals surface area contributed by atoms with Gasteiger partial charge in [0.05, 0.1) is 5.69 Å². The maximum Gasteiger partial charge on any atom is 0.287 e. The van der Waals surface area contributed by atoms with E-state index in [2.05, 4.69) is 23.3 Å². The van der Waals surface area contributed by atoms with Crippen molar-refractivity contribution in [3.05, 3.63) is 47.0 Å². The van der Waals surface area contributed by atoms with Gasteiger partial charge in [-0.25, -0.2) is 4.98 Å². The van der Waals surface area contributed by atoms with Gasteiger partial charge in [-0.15, -0.1) is 0 Å². The molecule has 3 heterocycles. The summed E-state index contributed by atoms with van der Waals surface area (Å²) in [7, 11) is 0. The molecule has 1 atom stereocenters. The number of aromatic nitrogens is 2. The fraction of sp³-hybridized carbons (Fsp3) is 0.476. The molecule has 0 fully saturated rings. The number of hydrogen-bond acceptors (Lipinski definition) is 3. The van der Waals surface area contributed by atoms with E-state index in [1.165, 1.54) is 5.56 Å². The summed E-state index contributed by atoms with van der Waals surface area (Å²) in [6.45, 7) is 5.44. The zero-order valence-corrected chi connectivity index (χ0v) is 16.0. The zero-order valence-electron chi connectivity index (χ0n) is 16.0. The Morgan fingerprint density at radius 1 is 1.26 bits per heavy atom. The number of rotatable bonds is 4. The van der Waals surface area contributed by atoms with E-state index >= 15 is 0 Å². The quantitative estimate of drug-likeness (QED) is 0.905. The largest absolute Gasteiger partial charge is 0.349 e. The Balaban J connectivity index is 1.72. The number of amides is 2. The van der Waals surface area contributed by atoms with E-state index in [0.29, 0.717) is 18.1 Å². The van der Waals surface area contributed by atoms with E-state index in [1.807, 2.05) is 34.6 Å². The van der Waals surface area contributed by atoms with Crippen molar-refractivity contribution >= 4 is 17.5 Å². The van der Waals surface area contributed by atoms with Gasteiger partial charge in [-0.2, -0.15) is 0 Å². The smallest absolute Gasteiger partial charge is 0.287 e. The van der Waals surface area contributed by atoms with Crippen LogP contribution in [0, 0.1) is 0 Å². The SMILES string of the molecule is CCCNC(=O)c1nc(C(=O)N2c3ccccc3CC2C)c2n1CCCC2. The van der Waals surface area contributed by atoms with Crippen LogP contribution >= 0.6 is 0 Å². The van der Waals surface area contributed by atoms with Gasteiger partial charge in [0.2, 0.25) is 0 Å². The van der Waals surface area contributed by atoms with Crippen LogP contribution in [0.25, 0.3) is 0 Å². The number of nitrogens with one attached hydrogen (secondary N) is 1. The van der Waals surface area contributed by atoms with Crippen LogP contribution in [-0.4, -0.2) is 34.0 Å². The summed E-state index contributed by atoms with van der Waals surface area (Å²) in [5.41, 5.74) is 3.50. The van der Waals surface area contributed by atoms with Gasteiger partial charge in [-0.3, -0.25) is 9.59 Å². The summed E-state index contributed by atoms with van der Waals surface area (Å²) in [6, 6.07) is 8.13. The molecule has 0 spiro atoms. The van der Waals surface area contributed by atoms with Crippen LogP contribution in [0.5, 0.6) is 0 Å². The fourth-order valence-corrected chi connectivity index (χ4v) is 4.19. The monoisotopic (exact) mass is 366 g/mol. The third-order valence-corrected chi connectivity index (χ3v) is 5.49. The Hall–Kier alpha value is -2.63. The van der Waals surface area contributed by atoms with Crippen LogP contribution in [0.1, 0.15) is 65.5 Å². The fourth-order valence-electron chi connectivity index (χ4n) is 4.19. The number of benzene rings is 1. The molecule has 1 aromatic heterocycles. The second-order valence-electron chi connectivity index (χ2n) is 7.45. The average Bonchev–Trinajstić information content (AvgIpc) is 3.23. The van der Waals surface area contributed by atoms with Gasteiger partial charge < -0.3 is 14.8 Å². The molecular formula is C21H26N4O2. The number of anilines is 1. The van der Waals surface area contributed by atoms with Gasteiger partial charge in [0.1, 0.15) is 0 Å². The van der Waals surface area contributed by atoms with Crippen molar-refractivity contribution in [2.45, 2.75) is 58.5 Å². The lowest BCUT2D eigenvalue weighted by molar-refractivity contribution is 0.0937. The van der Waals surface area contributed by atoms with Crippen molar-refractivity contribution in [3.63, 3.8) is 0 Å². The first-order valence-electron chi connectivity index (χ1n) is 9.91. The normalized spacial score (nSPS) is 18.1. The van der Waals surface area contributed by atoms with E-state index in [1.54, 1.807) is 0 Å². The molecule has 4 rings (SSSR count). The molecule has 142 valence electrons. The second-order valence-corrected chi connectivity index (χ2v) is 7.45. The van der Waals surface area contributed by atoms with Crippen LogP contribution in [0.4, 0.5) is 5.69 Å². The number of imidazole rings is 1.